The third-order valence-electron chi connectivity index (χ3n) is 2.72. The van der Waals surface area contributed by atoms with E-state index in [1.165, 1.54) is 19.3 Å². The Balaban J connectivity index is 1.93. The van der Waals surface area contributed by atoms with Crippen molar-refractivity contribution in [2.75, 3.05) is 18.9 Å². The van der Waals surface area contributed by atoms with E-state index in [0.29, 0.717) is 0 Å². The topological polar surface area (TPSA) is 83.1 Å². The average Bonchev–Trinajstić information content (AvgIpc) is 3.20. The molecule has 2 rings (SSSR count). The van der Waals surface area contributed by atoms with Crippen LogP contribution in [-0.4, -0.2) is 36.4 Å². The van der Waals surface area contributed by atoms with Crippen molar-refractivity contribution in [3.63, 3.8) is 0 Å². The summed E-state index contributed by atoms with van der Waals surface area (Å²) in [4.78, 5) is 26.9. The van der Waals surface area contributed by atoms with Crippen LogP contribution >= 0.6 is 0 Å². The van der Waals surface area contributed by atoms with E-state index >= 15 is 0 Å². The number of amides is 2. The standard InChI is InChI=1S/C12H15FN4O2/c1-14-11-10(13)8(4-5-15-11)12(19)16-6-9(18)17-7-2-3-7/h4-5,7H,2-3,6H2,1H3,(H,14,15)(H,16,19)(H,17,18). The molecule has 0 atom stereocenters. The molecule has 1 fully saturated rings. The second kappa shape index (κ2) is 5.64. The number of rotatable bonds is 5. The number of anilines is 1. The summed E-state index contributed by atoms with van der Waals surface area (Å²) in [5.74, 6) is -1.64. The maximum absolute atomic E-state index is 13.8. The quantitative estimate of drug-likeness (QED) is 0.714. The molecule has 1 aromatic heterocycles. The predicted octanol–water partition coefficient (Wildman–Crippen LogP) is 0.271. The van der Waals surface area contributed by atoms with Crippen LogP contribution in [0, 0.1) is 5.82 Å². The second-order valence-electron chi connectivity index (χ2n) is 4.30. The van der Waals surface area contributed by atoms with Crippen molar-refractivity contribution >= 4 is 17.6 Å². The molecule has 1 aromatic rings. The van der Waals surface area contributed by atoms with Crippen molar-refractivity contribution in [2.24, 2.45) is 0 Å². The first-order valence-electron chi connectivity index (χ1n) is 6.01. The van der Waals surface area contributed by atoms with Crippen molar-refractivity contribution in [1.82, 2.24) is 15.6 Å². The van der Waals surface area contributed by atoms with Crippen LogP contribution in [0.3, 0.4) is 0 Å². The van der Waals surface area contributed by atoms with E-state index in [2.05, 4.69) is 20.9 Å². The lowest BCUT2D eigenvalue weighted by molar-refractivity contribution is -0.120. The zero-order chi connectivity index (χ0) is 13.8. The first-order chi connectivity index (χ1) is 9.11. The molecule has 102 valence electrons. The summed E-state index contributed by atoms with van der Waals surface area (Å²) in [6.45, 7) is -0.161. The fraction of sp³-hybridized carbons (Fsp3) is 0.417. The molecule has 0 saturated heterocycles. The minimum absolute atomic E-state index is 0.00455. The van der Waals surface area contributed by atoms with E-state index in [1.54, 1.807) is 0 Å². The fourth-order valence-electron chi connectivity index (χ4n) is 1.56. The van der Waals surface area contributed by atoms with Gasteiger partial charge in [0.25, 0.3) is 5.91 Å². The fourth-order valence-corrected chi connectivity index (χ4v) is 1.56. The Bertz CT molecular complexity index is 503. The number of nitrogens with zero attached hydrogens (tertiary/aromatic N) is 1. The third kappa shape index (κ3) is 3.40. The Kier molecular flexibility index (Phi) is 3.94. The lowest BCUT2D eigenvalue weighted by atomic mass is 10.2. The van der Waals surface area contributed by atoms with Crippen molar-refractivity contribution in [1.29, 1.82) is 0 Å². The molecule has 1 saturated carbocycles. The van der Waals surface area contributed by atoms with Gasteiger partial charge in [-0.25, -0.2) is 9.37 Å². The van der Waals surface area contributed by atoms with Crippen LogP contribution < -0.4 is 16.0 Å². The number of halogens is 1. The number of pyridine rings is 1. The van der Waals surface area contributed by atoms with Crippen LogP contribution in [0.25, 0.3) is 0 Å². The molecular formula is C12H15FN4O2. The summed E-state index contributed by atoms with van der Waals surface area (Å²) in [6, 6.07) is 1.50. The Morgan fingerprint density at radius 1 is 1.47 bits per heavy atom. The van der Waals surface area contributed by atoms with Gasteiger partial charge in [-0.15, -0.1) is 0 Å². The number of carbonyl (C=O) groups is 2. The van der Waals surface area contributed by atoms with Crippen LogP contribution in [0.1, 0.15) is 23.2 Å². The normalized spacial score (nSPS) is 13.8. The molecule has 0 bridgehead atoms. The van der Waals surface area contributed by atoms with E-state index in [4.69, 9.17) is 0 Å². The maximum atomic E-state index is 13.8. The van der Waals surface area contributed by atoms with Crippen molar-refractivity contribution in [2.45, 2.75) is 18.9 Å². The minimum atomic E-state index is -0.731. The zero-order valence-electron chi connectivity index (χ0n) is 10.5. The molecule has 0 radical (unpaired) electrons. The van der Waals surface area contributed by atoms with E-state index < -0.39 is 11.7 Å². The van der Waals surface area contributed by atoms with Gasteiger partial charge in [0.05, 0.1) is 12.1 Å². The minimum Gasteiger partial charge on any atom is -0.371 e. The summed E-state index contributed by atoms with van der Waals surface area (Å²) in [5.41, 5.74) is -0.140. The molecule has 0 aliphatic heterocycles. The molecule has 0 unspecified atom stereocenters. The molecule has 3 N–H and O–H groups in total. The Morgan fingerprint density at radius 3 is 2.84 bits per heavy atom. The van der Waals surface area contributed by atoms with Crippen molar-refractivity contribution in [3.8, 4) is 0 Å². The summed E-state index contributed by atoms with van der Waals surface area (Å²) in [7, 11) is 1.51. The highest BCUT2D eigenvalue weighted by Gasteiger charge is 2.23. The Hall–Kier alpha value is -2.18. The van der Waals surface area contributed by atoms with Gasteiger partial charge in [-0.05, 0) is 18.9 Å². The van der Waals surface area contributed by atoms with Gasteiger partial charge in [-0.3, -0.25) is 9.59 Å². The molecule has 2 amide bonds. The highest BCUT2D eigenvalue weighted by atomic mass is 19.1. The van der Waals surface area contributed by atoms with E-state index in [0.717, 1.165) is 12.8 Å². The summed E-state index contributed by atoms with van der Waals surface area (Å²) in [5, 5.41) is 7.65. The van der Waals surface area contributed by atoms with E-state index in [9.17, 15) is 14.0 Å². The first kappa shape index (κ1) is 13.3. The van der Waals surface area contributed by atoms with Crippen molar-refractivity contribution in [3.05, 3.63) is 23.6 Å². The van der Waals surface area contributed by atoms with Crippen LogP contribution in [0.4, 0.5) is 10.2 Å². The largest absolute Gasteiger partial charge is 0.371 e. The van der Waals surface area contributed by atoms with Gasteiger partial charge in [0.2, 0.25) is 5.91 Å². The summed E-state index contributed by atoms with van der Waals surface area (Å²) in [6.07, 6.45) is 3.28. The molecular weight excluding hydrogens is 251 g/mol. The lowest BCUT2D eigenvalue weighted by Crippen LogP contribution is -2.38. The van der Waals surface area contributed by atoms with Crippen LogP contribution in [0.5, 0.6) is 0 Å². The number of carbonyl (C=O) groups excluding carboxylic acids is 2. The Morgan fingerprint density at radius 2 is 2.21 bits per heavy atom. The van der Waals surface area contributed by atoms with Gasteiger partial charge >= 0.3 is 0 Å². The number of hydrogen-bond donors (Lipinski definition) is 3. The molecule has 1 heterocycles. The smallest absolute Gasteiger partial charge is 0.254 e. The molecule has 7 heteroatoms. The second-order valence-corrected chi connectivity index (χ2v) is 4.30. The monoisotopic (exact) mass is 266 g/mol. The van der Waals surface area contributed by atoms with Crippen LogP contribution in [0.2, 0.25) is 0 Å². The SMILES string of the molecule is CNc1nccc(C(=O)NCC(=O)NC2CC2)c1F. The molecule has 1 aliphatic carbocycles. The third-order valence-corrected chi connectivity index (χ3v) is 2.72. The van der Waals surface area contributed by atoms with Gasteiger partial charge in [0.1, 0.15) is 0 Å². The summed E-state index contributed by atoms with van der Waals surface area (Å²) < 4.78 is 13.8. The highest BCUT2D eigenvalue weighted by molar-refractivity contribution is 5.97. The first-order valence-corrected chi connectivity index (χ1v) is 6.01. The average molecular weight is 266 g/mol. The van der Waals surface area contributed by atoms with Gasteiger partial charge in [0, 0.05) is 19.3 Å². The lowest BCUT2D eigenvalue weighted by Gasteiger charge is -2.08. The Labute approximate surface area is 109 Å². The van der Waals surface area contributed by atoms with Gasteiger partial charge in [0.15, 0.2) is 11.6 Å². The number of nitrogens with one attached hydrogen (secondary N) is 3. The van der Waals surface area contributed by atoms with E-state index in [-0.39, 0.29) is 29.9 Å². The molecule has 19 heavy (non-hydrogen) atoms. The summed E-state index contributed by atoms with van der Waals surface area (Å²) >= 11 is 0. The zero-order valence-corrected chi connectivity index (χ0v) is 10.5. The molecule has 0 aromatic carbocycles. The van der Waals surface area contributed by atoms with Gasteiger partial charge in [-0.1, -0.05) is 0 Å². The van der Waals surface area contributed by atoms with Gasteiger partial charge < -0.3 is 16.0 Å². The van der Waals surface area contributed by atoms with Gasteiger partial charge in [-0.2, -0.15) is 0 Å². The predicted molar refractivity (Wildman–Crippen MR) is 67.2 cm³/mol. The van der Waals surface area contributed by atoms with E-state index in [1.807, 2.05) is 0 Å². The van der Waals surface area contributed by atoms with Crippen LogP contribution in [0.15, 0.2) is 12.3 Å². The molecule has 6 nitrogen and oxygen atoms in total. The number of aromatic nitrogens is 1. The highest BCUT2D eigenvalue weighted by Crippen LogP contribution is 2.18. The maximum Gasteiger partial charge on any atom is 0.254 e. The van der Waals surface area contributed by atoms with Crippen LogP contribution in [-0.2, 0) is 4.79 Å². The molecule has 0 spiro atoms. The van der Waals surface area contributed by atoms with Crippen molar-refractivity contribution < 1.29 is 14.0 Å². The number of hydrogen-bond acceptors (Lipinski definition) is 4. The molecule has 1 aliphatic rings.